The minimum absolute atomic E-state index is 0.880. The highest BCUT2D eigenvalue weighted by Crippen LogP contribution is 2.66. The second kappa shape index (κ2) is 1.84. The minimum atomic E-state index is 0.880. The monoisotopic (exact) mass is 150 g/mol. The van der Waals surface area contributed by atoms with Crippen molar-refractivity contribution in [2.24, 2.45) is 23.2 Å². The van der Waals surface area contributed by atoms with Crippen molar-refractivity contribution in [2.75, 3.05) is 0 Å². The molecule has 0 amide bonds. The third-order valence-corrected chi connectivity index (χ3v) is 5.05. The van der Waals surface area contributed by atoms with Crippen molar-refractivity contribution in [3.8, 4) is 0 Å². The zero-order valence-corrected chi connectivity index (χ0v) is 7.47. The molecule has 1 spiro atoms. The molecule has 0 aromatic heterocycles. The number of rotatable bonds is 0. The van der Waals surface area contributed by atoms with Gasteiger partial charge in [-0.05, 0) is 61.7 Å². The molecule has 2 bridgehead atoms. The van der Waals surface area contributed by atoms with Crippen LogP contribution in [0.4, 0.5) is 0 Å². The second-order valence-electron chi connectivity index (χ2n) is 5.25. The van der Waals surface area contributed by atoms with Crippen molar-refractivity contribution in [1.82, 2.24) is 0 Å². The molecule has 0 nitrogen and oxygen atoms in total. The van der Waals surface area contributed by atoms with Crippen LogP contribution in [0.2, 0.25) is 0 Å². The average Bonchev–Trinajstić information content (AvgIpc) is 2.62. The smallest absolute Gasteiger partial charge is 0.0241 e. The van der Waals surface area contributed by atoms with E-state index in [0.717, 1.165) is 23.2 Å². The molecule has 0 radical (unpaired) electrons. The molecule has 0 aliphatic heterocycles. The van der Waals surface area contributed by atoms with Crippen molar-refractivity contribution in [3.63, 3.8) is 0 Å². The molecule has 0 heteroatoms. The molecule has 0 N–H and O–H groups in total. The molecule has 0 aromatic rings. The van der Waals surface area contributed by atoms with Gasteiger partial charge in [0.15, 0.2) is 0 Å². The molecule has 0 aromatic carbocycles. The third-order valence-electron chi connectivity index (χ3n) is 5.05. The first-order chi connectivity index (χ1) is 5.31. The molecular formula is C11H18. The fourth-order valence-electron chi connectivity index (χ4n) is 4.42. The average molecular weight is 150 g/mol. The Kier molecular flexibility index (Phi) is 1.09. The van der Waals surface area contributed by atoms with E-state index in [9.17, 15) is 0 Å². The Morgan fingerprint density at radius 3 is 2.82 bits per heavy atom. The predicted octanol–water partition coefficient (Wildman–Crippen LogP) is 3.22. The van der Waals surface area contributed by atoms with Gasteiger partial charge in [-0.15, -0.1) is 0 Å². The van der Waals surface area contributed by atoms with Gasteiger partial charge in [-0.3, -0.25) is 0 Å². The van der Waals surface area contributed by atoms with E-state index in [2.05, 4.69) is 6.92 Å². The van der Waals surface area contributed by atoms with Crippen molar-refractivity contribution >= 4 is 0 Å². The Morgan fingerprint density at radius 2 is 2.09 bits per heavy atom. The highest BCUT2D eigenvalue weighted by Gasteiger charge is 2.56. The summed E-state index contributed by atoms with van der Waals surface area (Å²) in [5.74, 6) is 3.39. The lowest BCUT2D eigenvalue weighted by atomic mass is 9.73. The van der Waals surface area contributed by atoms with Crippen LogP contribution in [0.1, 0.15) is 45.4 Å². The van der Waals surface area contributed by atoms with Crippen molar-refractivity contribution < 1.29 is 0 Å². The lowest BCUT2D eigenvalue weighted by Crippen LogP contribution is -2.24. The van der Waals surface area contributed by atoms with E-state index in [4.69, 9.17) is 0 Å². The summed E-state index contributed by atoms with van der Waals surface area (Å²) in [6.07, 6.45) is 9.47. The zero-order chi connectivity index (χ0) is 7.47. The molecule has 0 saturated heterocycles. The summed E-state index contributed by atoms with van der Waals surface area (Å²) in [6.45, 7) is 2.51. The van der Waals surface area contributed by atoms with Gasteiger partial charge in [0.05, 0.1) is 0 Å². The van der Waals surface area contributed by atoms with Gasteiger partial charge in [0, 0.05) is 0 Å². The highest BCUT2D eigenvalue weighted by molar-refractivity contribution is 5.07. The topological polar surface area (TPSA) is 0 Å². The number of fused-ring (bicyclic) bond motifs is 1. The van der Waals surface area contributed by atoms with Gasteiger partial charge in [-0.1, -0.05) is 6.92 Å². The molecule has 3 fully saturated rings. The fraction of sp³-hybridized carbons (Fsp3) is 1.00. The van der Waals surface area contributed by atoms with Gasteiger partial charge in [0.1, 0.15) is 0 Å². The summed E-state index contributed by atoms with van der Waals surface area (Å²) in [5, 5.41) is 0. The molecular weight excluding hydrogens is 132 g/mol. The van der Waals surface area contributed by atoms with Crippen LogP contribution in [0, 0.1) is 23.2 Å². The SMILES string of the molecule is CC1CCC2CC3CCC12C3. The van der Waals surface area contributed by atoms with Gasteiger partial charge >= 0.3 is 0 Å². The van der Waals surface area contributed by atoms with E-state index < -0.39 is 0 Å². The van der Waals surface area contributed by atoms with Gasteiger partial charge in [-0.25, -0.2) is 0 Å². The summed E-state index contributed by atoms with van der Waals surface area (Å²) < 4.78 is 0. The molecule has 0 heterocycles. The highest BCUT2D eigenvalue weighted by atomic mass is 14.6. The van der Waals surface area contributed by atoms with E-state index in [1.165, 1.54) is 6.42 Å². The van der Waals surface area contributed by atoms with Crippen molar-refractivity contribution in [3.05, 3.63) is 0 Å². The van der Waals surface area contributed by atoms with Gasteiger partial charge in [-0.2, -0.15) is 0 Å². The Balaban J connectivity index is 2.00. The van der Waals surface area contributed by atoms with Gasteiger partial charge in [0.25, 0.3) is 0 Å². The van der Waals surface area contributed by atoms with Crippen LogP contribution in [0.15, 0.2) is 0 Å². The summed E-state index contributed by atoms with van der Waals surface area (Å²) in [5.41, 5.74) is 0.880. The molecule has 62 valence electrons. The lowest BCUT2D eigenvalue weighted by Gasteiger charge is -2.32. The van der Waals surface area contributed by atoms with E-state index in [1.807, 2.05) is 0 Å². The van der Waals surface area contributed by atoms with Crippen molar-refractivity contribution in [1.29, 1.82) is 0 Å². The molecule has 3 saturated carbocycles. The summed E-state index contributed by atoms with van der Waals surface area (Å²) in [4.78, 5) is 0. The summed E-state index contributed by atoms with van der Waals surface area (Å²) in [7, 11) is 0. The quantitative estimate of drug-likeness (QED) is 0.497. The maximum atomic E-state index is 2.51. The molecule has 3 rings (SSSR count). The first-order valence-corrected chi connectivity index (χ1v) is 5.31. The molecule has 3 aliphatic rings. The van der Waals surface area contributed by atoms with Crippen LogP contribution < -0.4 is 0 Å². The van der Waals surface area contributed by atoms with Crippen LogP contribution in [-0.4, -0.2) is 0 Å². The Hall–Kier alpha value is 0. The van der Waals surface area contributed by atoms with Crippen LogP contribution in [0.3, 0.4) is 0 Å². The molecule has 4 unspecified atom stereocenters. The minimum Gasteiger partial charge on any atom is -0.0620 e. The first-order valence-electron chi connectivity index (χ1n) is 5.31. The van der Waals surface area contributed by atoms with Gasteiger partial charge < -0.3 is 0 Å². The fourth-order valence-corrected chi connectivity index (χ4v) is 4.42. The first kappa shape index (κ1) is 6.51. The van der Waals surface area contributed by atoms with E-state index >= 15 is 0 Å². The maximum absolute atomic E-state index is 2.51. The predicted molar refractivity (Wildman–Crippen MR) is 46.3 cm³/mol. The van der Waals surface area contributed by atoms with Crippen LogP contribution in [0.25, 0.3) is 0 Å². The molecule has 3 aliphatic carbocycles. The van der Waals surface area contributed by atoms with E-state index in [1.54, 1.807) is 32.1 Å². The van der Waals surface area contributed by atoms with E-state index in [0.29, 0.717) is 0 Å². The van der Waals surface area contributed by atoms with Crippen molar-refractivity contribution in [2.45, 2.75) is 45.4 Å². The maximum Gasteiger partial charge on any atom is -0.0241 e. The largest absolute Gasteiger partial charge is 0.0620 e. The van der Waals surface area contributed by atoms with Gasteiger partial charge in [0.2, 0.25) is 0 Å². The lowest BCUT2D eigenvalue weighted by molar-refractivity contribution is 0.171. The Labute approximate surface area is 69.4 Å². The van der Waals surface area contributed by atoms with Crippen LogP contribution in [0.5, 0.6) is 0 Å². The van der Waals surface area contributed by atoms with Crippen LogP contribution >= 0.6 is 0 Å². The van der Waals surface area contributed by atoms with Crippen LogP contribution in [-0.2, 0) is 0 Å². The number of hydrogen-bond acceptors (Lipinski definition) is 0. The molecule has 4 atom stereocenters. The second-order valence-corrected chi connectivity index (χ2v) is 5.25. The molecule has 11 heavy (non-hydrogen) atoms. The Morgan fingerprint density at radius 1 is 1.18 bits per heavy atom. The standard InChI is InChI=1S/C11H18/c1-8-2-3-10-6-9-4-5-11(8,10)7-9/h8-10H,2-7H2,1H3. The Bertz CT molecular complexity index is 184. The normalized spacial score (nSPS) is 60.3. The summed E-state index contributed by atoms with van der Waals surface area (Å²) in [6, 6.07) is 0. The number of hydrogen-bond donors (Lipinski definition) is 0. The summed E-state index contributed by atoms with van der Waals surface area (Å²) >= 11 is 0. The third kappa shape index (κ3) is 0.625. The zero-order valence-electron chi connectivity index (χ0n) is 7.47. The van der Waals surface area contributed by atoms with E-state index in [-0.39, 0.29) is 0 Å².